The van der Waals surface area contributed by atoms with Gasteiger partial charge in [0.05, 0.1) is 5.69 Å². The van der Waals surface area contributed by atoms with E-state index in [2.05, 4.69) is 17.2 Å². The van der Waals surface area contributed by atoms with Crippen LogP contribution < -0.4 is 5.73 Å². The molecule has 2 rings (SSSR count). The Balaban J connectivity index is 2.28. The van der Waals surface area contributed by atoms with Crippen molar-refractivity contribution >= 4 is 5.57 Å². The fraction of sp³-hybridized carbons (Fsp3) is 0.545. The van der Waals surface area contributed by atoms with Crippen LogP contribution in [0.2, 0.25) is 0 Å². The molecule has 0 amide bonds. The number of aromatic nitrogens is 2. The third-order valence-electron chi connectivity index (χ3n) is 2.80. The van der Waals surface area contributed by atoms with E-state index in [9.17, 15) is 0 Å². The molecular formula is C11H17N3. The van der Waals surface area contributed by atoms with E-state index < -0.39 is 0 Å². The van der Waals surface area contributed by atoms with Crippen LogP contribution in [0.15, 0.2) is 18.3 Å². The smallest absolute Gasteiger partial charge is 0.0635 e. The minimum Gasteiger partial charge on any atom is -0.324 e. The van der Waals surface area contributed by atoms with Crippen LogP contribution in [0, 0.1) is 0 Å². The van der Waals surface area contributed by atoms with Crippen LogP contribution in [0.5, 0.6) is 0 Å². The normalized spacial score (nSPS) is 23.0. The average molecular weight is 191 g/mol. The molecule has 1 aliphatic carbocycles. The zero-order valence-electron chi connectivity index (χ0n) is 8.61. The lowest BCUT2D eigenvalue weighted by atomic mass is 10.1. The molecule has 0 saturated heterocycles. The van der Waals surface area contributed by atoms with Crippen LogP contribution in [0.25, 0.3) is 5.57 Å². The fourth-order valence-corrected chi connectivity index (χ4v) is 2.02. The Morgan fingerprint density at radius 2 is 2.36 bits per heavy atom. The lowest BCUT2D eigenvalue weighted by Crippen LogP contribution is -2.15. The number of hydrogen-bond donors (Lipinski definition) is 1. The van der Waals surface area contributed by atoms with Crippen molar-refractivity contribution in [3.05, 3.63) is 24.0 Å². The second-order valence-electron chi connectivity index (χ2n) is 3.94. The van der Waals surface area contributed by atoms with E-state index in [1.165, 1.54) is 24.1 Å². The molecular weight excluding hydrogens is 174 g/mol. The molecule has 0 fully saturated rings. The van der Waals surface area contributed by atoms with Gasteiger partial charge in [0.2, 0.25) is 0 Å². The summed E-state index contributed by atoms with van der Waals surface area (Å²) in [4.78, 5) is 0. The number of nitrogens with zero attached hydrogens (tertiary/aromatic N) is 2. The zero-order chi connectivity index (χ0) is 9.97. The molecule has 0 aliphatic heterocycles. The van der Waals surface area contributed by atoms with Gasteiger partial charge in [-0.15, -0.1) is 0 Å². The Kier molecular flexibility index (Phi) is 2.68. The average Bonchev–Trinajstić information content (AvgIpc) is 2.45. The Morgan fingerprint density at radius 1 is 1.50 bits per heavy atom. The molecule has 3 nitrogen and oxygen atoms in total. The first-order valence-electron chi connectivity index (χ1n) is 5.22. The molecule has 76 valence electrons. The molecule has 0 aromatic carbocycles. The van der Waals surface area contributed by atoms with Crippen LogP contribution in [-0.2, 0) is 7.05 Å². The Morgan fingerprint density at radius 3 is 3.07 bits per heavy atom. The van der Waals surface area contributed by atoms with Gasteiger partial charge in [0.15, 0.2) is 0 Å². The number of allylic oxidation sites excluding steroid dienone is 1. The third kappa shape index (κ3) is 1.87. The highest BCUT2D eigenvalue weighted by Gasteiger charge is 2.11. The largest absolute Gasteiger partial charge is 0.324 e. The highest BCUT2D eigenvalue weighted by atomic mass is 15.3. The van der Waals surface area contributed by atoms with E-state index in [0.717, 1.165) is 12.8 Å². The summed E-state index contributed by atoms with van der Waals surface area (Å²) in [6.07, 6.45) is 8.76. The van der Waals surface area contributed by atoms with Crippen molar-refractivity contribution in [2.45, 2.75) is 31.7 Å². The van der Waals surface area contributed by atoms with E-state index >= 15 is 0 Å². The second-order valence-corrected chi connectivity index (χ2v) is 3.94. The summed E-state index contributed by atoms with van der Waals surface area (Å²) in [6.45, 7) is 0. The molecule has 2 N–H and O–H groups in total. The summed E-state index contributed by atoms with van der Waals surface area (Å²) in [5.74, 6) is 0. The predicted octanol–water partition coefficient (Wildman–Crippen LogP) is 1.70. The number of hydrogen-bond acceptors (Lipinski definition) is 2. The molecule has 3 heteroatoms. The molecule has 0 saturated carbocycles. The van der Waals surface area contributed by atoms with Crippen molar-refractivity contribution in [3.8, 4) is 0 Å². The van der Waals surface area contributed by atoms with Crippen molar-refractivity contribution in [3.63, 3.8) is 0 Å². The van der Waals surface area contributed by atoms with Crippen LogP contribution >= 0.6 is 0 Å². The quantitative estimate of drug-likeness (QED) is 0.734. The third-order valence-corrected chi connectivity index (χ3v) is 2.80. The van der Waals surface area contributed by atoms with Gasteiger partial charge in [0.1, 0.15) is 0 Å². The van der Waals surface area contributed by atoms with Gasteiger partial charge in [0.25, 0.3) is 0 Å². The topological polar surface area (TPSA) is 43.8 Å². The van der Waals surface area contributed by atoms with Crippen LogP contribution in [0.1, 0.15) is 31.4 Å². The van der Waals surface area contributed by atoms with Gasteiger partial charge >= 0.3 is 0 Å². The molecule has 1 aromatic rings. The van der Waals surface area contributed by atoms with Gasteiger partial charge in [-0.25, -0.2) is 0 Å². The molecule has 0 spiro atoms. The predicted molar refractivity (Wildman–Crippen MR) is 57.6 cm³/mol. The maximum atomic E-state index is 5.98. The van der Waals surface area contributed by atoms with Crippen molar-refractivity contribution < 1.29 is 0 Å². The monoisotopic (exact) mass is 191 g/mol. The maximum Gasteiger partial charge on any atom is 0.0635 e. The summed E-state index contributed by atoms with van der Waals surface area (Å²) in [7, 11) is 1.98. The summed E-state index contributed by atoms with van der Waals surface area (Å²) in [6, 6.07) is 2.28. The molecule has 1 heterocycles. The number of nitrogens with two attached hydrogens (primary N) is 1. The van der Waals surface area contributed by atoms with E-state index in [4.69, 9.17) is 5.73 Å². The van der Waals surface area contributed by atoms with Crippen LogP contribution in [-0.4, -0.2) is 15.8 Å². The highest BCUT2D eigenvalue weighted by Crippen LogP contribution is 2.24. The lowest BCUT2D eigenvalue weighted by molar-refractivity contribution is 0.657. The molecule has 1 atom stereocenters. The van der Waals surface area contributed by atoms with Crippen molar-refractivity contribution in [2.24, 2.45) is 12.8 Å². The van der Waals surface area contributed by atoms with Crippen LogP contribution in [0.4, 0.5) is 0 Å². The van der Waals surface area contributed by atoms with Crippen molar-refractivity contribution in [1.29, 1.82) is 0 Å². The van der Waals surface area contributed by atoms with E-state index in [-0.39, 0.29) is 6.04 Å². The molecule has 0 bridgehead atoms. The molecule has 1 unspecified atom stereocenters. The molecule has 14 heavy (non-hydrogen) atoms. The second kappa shape index (κ2) is 3.96. The summed E-state index contributed by atoms with van der Waals surface area (Å²) >= 11 is 0. The minimum atomic E-state index is 0.224. The SMILES string of the molecule is Cn1nccc1C1=CC(N)CCCC1. The highest BCUT2D eigenvalue weighted by molar-refractivity contribution is 5.63. The van der Waals surface area contributed by atoms with Gasteiger partial charge in [-0.1, -0.05) is 12.5 Å². The van der Waals surface area contributed by atoms with E-state index in [1.54, 1.807) is 0 Å². The standard InChI is InChI=1S/C11H17N3/c1-14-11(6-7-13-14)9-4-2-3-5-10(12)8-9/h6-8,10H,2-5,12H2,1H3. The van der Waals surface area contributed by atoms with Crippen LogP contribution in [0.3, 0.4) is 0 Å². The molecule has 0 radical (unpaired) electrons. The molecule has 1 aliphatic rings. The minimum absolute atomic E-state index is 0.224. The Labute approximate surface area is 84.6 Å². The number of aryl methyl sites for hydroxylation is 1. The first-order valence-corrected chi connectivity index (χ1v) is 5.22. The van der Waals surface area contributed by atoms with Gasteiger partial charge < -0.3 is 5.73 Å². The van der Waals surface area contributed by atoms with Gasteiger partial charge in [-0.2, -0.15) is 5.10 Å². The van der Waals surface area contributed by atoms with Crippen molar-refractivity contribution in [1.82, 2.24) is 9.78 Å². The maximum absolute atomic E-state index is 5.98. The zero-order valence-corrected chi connectivity index (χ0v) is 8.61. The molecule has 1 aromatic heterocycles. The van der Waals surface area contributed by atoms with E-state index in [0.29, 0.717) is 0 Å². The Hall–Kier alpha value is -1.09. The first-order chi connectivity index (χ1) is 6.77. The summed E-state index contributed by atoms with van der Waals surface area (Å²) in [5.41, 5.74) is 8.54. The first kappa shape index (κ1) is 9.46. The number of rotatable bonds is 1. The summed E-state index contributed by atoms with van der Waals surface area (Å²) in [5, 5.41) is 4.18. The van der Waals surface area contributed by atoms with Gasteiger partial charge in [0, 0.05) is 19.3 Å². The van der Waals surface area contributed by atoms with Gasteiger partial charge in [-0.3, -0.25) is 4.68 Å². The van der Waals surface area contributed by atoms with Crippen molar-refractivity contribution in [2.75, 3.05) is 0 Å². The van der Waals surface area contributed by atoms with E-state index in [1.807, 2.05) is 17.9 Å². The Bertz CT molecular complexity index is 338. The van der Waals surface area contributed by atoms with Gasteiger partial charge in [-0.05, 0) is 30.9 Å². The lowest BCUT2D eigenvalue weighted by Gasteiger charge is -2.06. The fourth-order valence-electron chi connectivity index (χ4n) is 2.02. The summed E-state index contributed by atoms with van der Waals surface area (Å²) < 4.78 is 1.92.